The van der Waals surface area contributed by atoms with E-state index >= 15 is 0 Å². The van der Waals surface area contributed by atoms with Crippen LogP contribution in [0.25, 0.3) is 0 Å². The van der Waals surface area contributed by atoms with E-state index < -0.39 is 0 Å². The van der Waals surface area contributed by atoms with Crippen molar-refractivity contribution >= 4 is 11.9 Å². The molecule has 0 heterocycles. The maximum atomic E-state index is 13.2. The van der Waals surface area contributed by atoms with E-state index in [1.807, 2.05) is 26.8 Å². The van der Waals surface area contributed by atoms with Crippen LogP contribution in [0.5, 0.6) is 0 Å². The summed E-state index contributed by atoms with van der Waals surface area (Å²) < 4.78 is 13.2. The first-order valence-corrected chi connectivity index (χ1v) is 10.6. The number of hydrogen-bond donors (Lipinski definition) is 3. The van der Waals surface area contributed by atoms with Crippen molar-refractivity contribution < 1.29 is 9.18 Å². The molecule has 1 amide bonds. The van der Waals surface area contributed by atoms with Crippen LogP contribution in [0.3, 0.4) is 0 Å². The molecule has 0 aromatic heterocycles. The van der Waals surface area contributed by atoms with E-state index in [4.69, 9.17) is 0 Å². The van der Waals surface area contributed by atoms with Gasteiger partial charge in [0, 0.05) is 31.1 Å². The van der Waals surface area contributed by atoms with E-state index in [1.54, 1.807) is 12.1 Å². The molecule has 2 atom stereocenters. The lowest BCUT2D eigenvalue weighted by Crippen LogP contribution is -2.47. The van der Waals surface area contributed by atoms with Crippen molar-refractivity contribution in [2.75, 3.05) is 13.1 Å². The van der Waals surface area contributed by atoms with Gasteiger partial charge in [0.1, 0.15) is 5.82 Å². The number of aryl methyl sites for hydroxylation is 1. The van der Waals surface area contributed by atoms with Gasteiger partial charge in [0.15, 0.2) is 5.96 Å². The monoisotopic (exact) mass is 390 g/mol. The van der Waals surface area contributed by atoms with Crippen molar-refractivity contribution in [1.29, 1.82) is 0 Å². The van der Waals surface area contributed by atoms with Crippen LogP contribution in [-0.4, -0.2) is 37.0 Å². The van der Waals surface area contributed by atoms with Crippen molar-refractivity contribution in [3.8, 4) is 0 Å². The third-order valence-electron chi connectivity index (χ3n) is 4.94. The molecule has 0 radical (unpaired) electrons. The van der Waals surface area contributed by atoms with Crippen LogP contribution in [0.1, 0.15) is 58.4 Å². The molecular formula is C22H35FN4O. The number of amides is 1. The third-order valence-corrected chi connectivity index (χ3v) is 4.94. The van der Waals surface area contributed by atoms with Gasteiger partial charge >= 0.3 is 0 Å². The molecule has 2 unspecified atom stereocenters. The summed E-state index contributed by atoms with van der Waals surface area (Å²) in [6.45, 7) is 7.51. The Labute approximate surface area is 168 Å². The number of rotatable bonds is 8. The molecule has 3 N–H and O–H groups in total. The quantitative estimate of drug-likeness (QED) is 0.362. The first-order valence-electron chi connectivity index (χ1n) is 10.6. The molecule has 2 rings (SSSR count). The minimum absolute atomic E-state index is 0.0736. The molecule has 1 aromatic carbocycles. The third kappa shape index (κ3) is 7.87. The van der Waals surface area contributed by atoms with E-state index in [2.05, 4.69) is 20.9 Å². The number of nitrogens with zero attached hydrogens (tertiary/aromatic N) is 1. The van der Waals surface area contributed by atoms with Gasteiger partial charge in [-0.05, 0) is 70.6 Å². The van der Waals surface area contributed by atoms with Gasteiger partial charge < -0.3 is 16.0 Å². The maximum Gasteiger partial charge on any atom is 0.223 e. The highest BCUT2D eigenvalue weighted by Crippen LogP contribution is 2.24. The van der Waals surface area contributed by atoms with Gasteiger partial charge in [-0.25, -0.2) is 4.39 Å². The van der Waals surface area contributed by atoms with Crippen LogP contribution < -0.4 is 16.0 Å². The van der Waals surface area contributed by atoms with E-state index in [0.29, 0.717) is 6.54 Å². The van der Waals surface area contributed by atoms with Crippen LogP contribution in [0, 0.1) is 11.7 Å². The Morgan fingerprint density at radius 2 is 2.14 bits per heavy atom. The second kappa shape index (κ2) is 11.7. The molecule has 28 heavy (non-hydrogen) atoms. The van der Waals surface area contributed by atoms with Crippen LogP contribution in [-0.2, 0) is 11.2 Å². The van der Waals surface area contributed by atoms with Crippen molar-refractivity contribution in [1.82, 2.24) is 16.0 Å². The fourth-order valence-electron chi connectivity index (χ4n) is 3.64. The van der Waals surface area contributed by atoms with Crippen LogP contribution in [0.4, 0.5) is 4.39 Å². The number of aliphatic imine (C=N–C) groups is 1. The summed E-state index contributed by atoms with van der Waals surface area (Å²) >= 11 is 0. The Bertz CT molecular complexity index is 647. The second-order valence-corrected chi connectivity index (χ2v) is 7.86. The highest BCUT2D eigenvalue weighted by atomic mass is 19.1. The predicted molar refractivity (Wildman–Crippen MR) is 113 cm³/mol. The van der Waals surface area contributed by atoms with Gasteiger partial charge in [-0.3, -0.25) is 9.79 Å². The van der Waals surface area contributed by atoms with Crippen LogP contribution in [0.2, 0.25) is 0 Å². The SMILES string of the molecule is CCNC(=NCCCc1cccc(F)c1)NC1CCCC(C(=O)NC(C)C)C1. The average Bonchev–Trinajstić information content (AvgIpc) is 2.65. The summed E-state index contributed by atoms with van der Waals surface area (Å²) in [5, 5.41) is 9.83. The fraction of sp³-hybridized carbons (Fsp3) is 0.636. The number of carbonyl (C=O) groups excluding carboxylic acids is 1. The zero-order valence-corrected chi connectivity index (χ0v) is 17.4. The Balaban J connectivity index is 1.83. The molecule has 5 nitrogen and oxygen atoms in total. The van der Waals surface area contributed by atoms with Crippen molar-refractivity contribution in [2.45, 2.75) is 71.4 Å². The fourth-order valence-corrected chi connectivity index (χ4v) is 3.64. The van der Waals surface area contributed by atoms with Gasteiger partial charge in [0.05, 0.1) is 0 Å². The molecule has 0 aliphatic heterocycles. The molecule has 6 heteroatoms. The predicted octanol–water partition coefficient (Wildman–Crippen LogP) is 3.40. The molecular weight excluding hydrogens is 355 g/mol. The minimum Gasteiger partial charge on any atom is -0.357 e. The summed E-state index contributed by atoms with van der Waals surface area (Å²) in [4.78, 5) is 17.0. The maximum absolute atomic E-state index is 13.2. The Morgan fingerprint density at radius 1 is 1.32 bits per heavy atom. The zero-order valence-electron chi connectivity index (χ0n) is 17.4. The standard InChI is InChI=1S/C22H35FN4O/c1-4-24-22(25-13-7-9-17-8-5-11-19(23)14-17)27-20-12-6-10-18(15-20)21(28)26-16(2)3/h5,8,11,14,16,18,20H,4,6-7,9-10,12-13,15H2,1-3H3,(H,26,28)(H2,24,25,27). The number of benzene rings is 1. The van der Waals surface area contributed by atoms with Gasteiger partial charge in [0.25, 0.3) is 0 Å². The number of guanidine groups is 1. The number of nitrogens with one attached hydrogen (secondary N) is 3. The molecule has 0 saturated heterocycles. The lowest BCUT2D eigenvalue weighted by molar-refractivity contribution is -0.126. The molecule has 0 spiro atoms. The van der Waals surface area contributed by atoms with E-state index in [0.717, 1.165) is 56.6 Å². The number of carbonyl (C=O) groups is 1. The highest BCUT2D eigenvalue weighted by molar-refractivity contribution is 5.81. The molecule has 1 aliphatic carbocycles. The zero-order chi connectivity index (χ0) is 20.4. The highest BCUT2D eigenvalue weighted by Gasteiger charge is 2.27. The lowest BCUT2D eigenvalue weighted by Gasteiger charge is -2.30. The normalized spacial score (nSPS) is 20.1. The topological polar surface area (TPSA) is 65.5 Å². The summed E-state index contributed by atoms with van der Waals surface area (Å²) in [5.41, 5.74) is 0.999. The van der Waals surface area contributed by atoms with Gasteiger partial charge in [-0.15, -0.1) is 0 Å². The Hall–Kier alpha value is -2.11. The van der Waals surface area contributed by atoms with E-state index in [9.17, 15) is 9.18 Å². The number of hydrogen-bond acceptors (Lipinski definition) is 2. The van der Waals surface area contributed by atoms with Crippen molar-refractivity contribution in [2.24, 2.45) is 10.9 Å². The van der Waals surface area contributed by atoms with Crippen LogP contribution >= 0.6 is 0 Å². The summed E-state index contributed by atoms with van der Waals surface area (Å²) in [6.07, 6.45) is 5.57. The van der Waals surface area contributed by atoms with E-state index in [-0.39, 0.29) is 29.7 Å². The Morgan fingerprint density at radius 3 is 2.86 bits per heavy atom. The smallest absolute Gasteiger partial charge is 0.223 e. The summed E-state index contributed by atoms with van der Waals surface area (Å²) in [7, 11) is 0. The van der Waals surface area contributed by atoms with Crippen molar-refractivity contribution in [3.63, 3.8) is 0 Å². The number of halogens is 1. The molecule has 1 fully saturated rings. The first kappa shape index (κ1) is 22.2. The van der Waals surface area contributed by atoms with Crippen LogP contribution in [0.15, 0.2) is 29.3 Å². The Kier molecular flexibility index (Phi) is 9.24. The molecule has 156 valence electrons. The van der Waals surface area contributed by atoms with E-state index in [1.165, 1.54) is 6.07 Å². The molecule has 1 saturated carbocycles. The van der Waals surface area contributed by atoms with Gasteiger partial charge in [-0.2, -0.15) is 0 Å². The average molecular weight is 391 g/mol. The minimum atomic E-state index is -0.190. The molecule has 0 bridgehead atoms. The second-order valence-electron chi connectivity index (χ2n) is 7.86. The summed E-state index contributed by atoms with van der Waals surface area (Å²) in [6, 6.07) is 7.18. The largest absolute Gasteiger partial charge is 0.357 e. The van der Waals surface area contributed by atoms with Gasteiger partial charge in [-0.1, -0.05) is 18.6 Å². The lowest BCUT2D eigenvalue weighted by atomic mass is 9.85. The molecule has 1 aromatic rings. The molecule has 1 aliphatic rings. The van der Waals surface area contributed by atoms with Crippen molar-refractivity contribution in [3.05, 3.63) is 35.6 Å². The first-order chi connectivity index (χ1) is 13.5. The van der Waals surface area contributed by atoms with Gasteiger partial charge in [0.2, 0.25) is 5.91 Å². The summed E-state index contributed by atoms with van der Waals surface area (Å²) in [5.74, 6) is 0.851.